The zero-order chi connectivity index (χ0) is 11.1. The first-order valence-electron chi connectivity index (χ1n) is 5.53. The zero-order valence-electron chi connectivity index (χ0n) is 9.24. The van der Waals surface area contributed by atoms with Crippen LogP contribution in [-0.2, 0) is 9.53 Å². The van der Waals surface area contributed by atoms with Crippen molar-refractivity contribution in [3.63, 3.8) is 0 Å². The smallest absolute Gasteiger partial charge is 0.226 e. The van der Waals surface area contributed by atoms with Crippen molar-refractivity contribution in [1.29, 1.82) is 5.26 Å². The van der Waals surface area contributed by atoms with E-state index in [0.29, 0.717) is 19.8 Å². The molecule has 4 nitrogen and oxygen atoms in total. The van der Waals surface area contributed by atoms with Crippen LogP contribution in [0, 0.1) is 17.2 Å². The molecule has 4 heteroatoms. The summed E-state index contributed by atoms with van der Waals surface area (Å²) in [5.41, 5.74) is 0. The molecule has 15 heavy (non-hydrogen) atoms. The molecule has 1 rings (SSSR count). The molecule has 0 N–H and O–H groups in total. The first-order valence-corrected chi connectivity index (χ1v) is 5.53. The van der Waals surface area contributed by atoms with Gasteiger partial charge in [-0.2, -0.15) is 5.26 Å². The van der Waals surface area contributed by atoms with Gasteiger partial charge < -0.3 is 9.64 Å². The normalized spacial score (nSPS) is 17.1. The van der Waals surface area contributed by atoms with Crippen molar-refractivity contribution in [1.82, 2.24) is 4.90 Å². The third kappa shape index (κ3) is 3.52. The van der Waals surface area contributed by atoms with E-state index < -0.39 is 0 Å². The van der Waals surface area contributed by atoms with Crippen LogP contribution in [-0.4, -0.2) is 37.1 Å². The van der Waals surface area contributed by atoms with Crippen LogP contribution in [0.3, 0.4) is 0 Å². The van der Waals surface area contributed by atoms with Crippen LogP contribution in [0.25, 0.3) is 0 Å². The third-order valence-electron chi connectivity index (χ3n) is 2.64. The molecule has 1 amide bonds. The highest BCUT2D eigenvalue weighted by Gasteiger charge is 2.25. The van der Waals surface area contributed by atoms with Crippen molar-refractivity contribution in [2.75, 3.05) is 26.3 Å². The van der Waals surface area contributed by atoms with Gasteiger partial charge >= 0.3 is 0 Å². The molecule has 1 heterocycles. The molecule has 0 saturated carbocycles. The summed E-state index contributed by atoms with van der Waals surface area (Å²) < 4.78 is 5.21. The van der Waals surface area contributed by atoms with Gasteiger partial charge in [-0.1, -0.05) is 6.92 Å². The van der Waals surface area contributed by atoms with E-state index in [0.717, 1.165) is 19.3 Å². The lowest BCUT2D eigenvalue weighted by atomic mass is 9.98. The Bertz CT molecular complexity index is 241. The number of ether oxygens (including phenoxy) is 1. The average molecular weight is 210 g/mol. The Morgan fingerprint density at radius 1 is 1.53 bits per heavy atom. The Hall–Kier alpha value is -1.08. The maximum absolute atomic E-state index is 12.0. The van der Waals surface area contributed by atoms with Gasteiger partial charge in [0.15, 0.2) is 0 Å². The van der Waals surface area contributed by atoms with Gasteiger partial charge in [0.2, 0.25) is 5.91 Å². The van der Waals surface area contributed by atoms with E-state index in [1.165, 1.54) is 0 Å². The molecule has 0 bridgehead atoms. The van der Waals surface area contributed by atoms with Crippen LogP contribution in [0.1, 0.15) is 26.2 Å². The van der Waals surface area contributed by atoms with Gasteiger partial charge in [-0.3, -0.25) is 4.79 Å². The van der Waals surface area contributed by atoms with Crippen molar-refractivity contribution in [2.45, 2.75) is 26.2 Å². The second kappa shape index (κ2) is 6.41. The minimum Gasteiger partial charge on any atom is -0.381 e. The Balaban J connectivity index is 2.50. The molecule has 0 aliphatic carbocycles. The fourth-order valence-corrected chi connectivity index (χ4v) is 1.83. The Labute approximate surface area is 90.8 Å². The van der Waals surface area contributed by atoms with Crippen LogP contribution >= 0.6 is 0 Å². The molecule has 0 atom stereocenters. The summed E-state index contributed by atoms with van der Waals surface area (Å²) in [6, 6.07) is 2.05. The summed E-state index contributed by atoms with van der Waals surface area (Å²) in [6.45, 7) is 4.25. The number of nitriles is 1. The number of hydrogen-bond acceptors (Lipinski definition) is 3. The Morgan fingerprint density at radius 3 is 2.73 bits per heavy atom. The fourth-order valence-electron chi connectivity index (χ4n) is 1.83. The van der Waals surface area contributed by atoms with Crippen molar-refractivity contribution in [2.24, 2.45) is 5.92 Å². The standard InChI is InChI=1S/C11H18N2O2/c1-2-6-13(7-5-12)11(14)10-3-8-15-9-4-10/h10H,2-4,6-9H2,1H3. The predicted octanol–water partition coefficient (Wildman–Crippen LogP) is 1.18. The summed E-state index contributed by atoms with van der Waals surface area (Å²) in [4.78, 5) is 13.7. The number of rotatable bonds is 4. The highest BCUT2D eigenvalue weighted by molar-refractivity contribution is 5.79. The summed E-state index contributed by atoms with van der Waals surface area (Å²) >= 11 is 0. The van der Waals surface area contributed by atoms with E-state index in [1.807, 2.05) is 13.0 Å². The minimum atomic E-state index is 0.0682. The zero-order valence-corrected chi connectivity index (χ0v) is 9.24. The van der Waals surface area contributed by atoms with Crippen LogP contribution in [0.15, 0.2) is 0 Å². The molecule has 0 aromatic rings. The SMILES string of the molecule is CCCN(CC#N)C(=O)C1CCOCC1. The van der Waals surface area contributed by atoms with Gasteiger partial charge in [-0.15, -0.1) is 0 Å². The van der Waals surface area contributed by atoms with Crippen LogP contribution in [0.5, 0.6) is 0 Å². The average Bonchev–Trinajstić information content (AvgIpc) is 2.29. The summed E-state index contributed by atoms with van der Waals surface area (Å²) in [6.07, 6.45) is 2.49. The number of amides is 1. The van der Waals surface area contributed by atoms with Crippen molar-refractivity contribution < 1.29 is 9.53 Å². The van der Waals surface area contributed by atoms with E-state index in [4.69, 9.17) is 10.00 Å². The number of nitrogens with zero attached hydrogens (tertiary/aromatic N) is 2. The van der Waals surface area contributed by atoms with Gasteiger partial charge in [0, 0.05) is 25.7 Å². The molecule has 1 aliphatic rings. The molecule has 84 valence electrons. The van der Waals surface area contributed by atoms with Gasteiger partial charge in [-0.25, -0.2) is 0 Å². The molecule has 1 fully saturated rings. The van der Waals surface area contributed by atoms with Crippen molar-refractivity contribution >= 4 is 5.91 Å². The second-order valence-electron chi connectivity index (χ2n) is 3.80. The highest BCUT2D eigenvalue weighted by Crippen LogP contribution is 2.17. The van der Waals surface area contributed by atoms with E-state index in [2.05, 4.69) is 0 Å². The quantitative estimate of drug-likeness (QED) is 0.655. The van der Waals surface area contributed by atoms with Crippen molar-refractivity contribution in [3.8, 4) is 6.07 Å². The molecule has 1 aliphatic heterocycles. The number of carbonyl (C=O) groups is 1. The van der Waals surface area contributed by atoms with Gasteiger partial charge in [0.1, 0.15) is 6.54 Å². The third-order valence-corrected chi connectivity index (χ3v) is 2.64. The molecular formula is C11H18N2O2. The molecule has 0 radical (unpaired) electrons. The fraction of sp³-hybridized carbons (Fsp3) is 0.818. The first-order chi connectivity index (χ1) is 7.29. The monoisotopic (exact) mass is 210 g/mol. The maximum atomic E-state index is 12.0. The van der Waals surface area contributed by atoms with E-state index in [1.54, 1.807) is 4.90 Å². The second-order valence-corrected chi connectivity index (χ2v) is 3.80. The van der Waals surface area contributed by atoms with Crippen LogP contribution < -0.4 is 0 Å². The van der Waals surface area contributed by atoms with Crippen LogP contribution in [0.2, 0.25) is 0 Å². The minimum absolute atomic E-state index is 0.0682. The highest BCUT2D eigenvalue weighted by atomic mass is 16.5. The lowest BCUT2D eigenvalue weighted by molar-refractivity contribution is -0.137. The van der Waals surface area contributed by atoms with E-state index >= 15 is 0 Å². The molecule has 0 unspecified atom stereocenters. The first kappa shape index (κ1) is 12.0. The molecule has 1 saturated heterocycles. The van der Waals surface area contributed by atoms with Gasteiger partial charge in [-0.05, 0) is 19.3 Å². The van der Waals surface area contributed by atoms with E-state index in [9.17, 15) is 4.79 Å². The molecule has 0 aromatic heterocycles. The Kier molecular flexibility index (Phi) is 5.13. The topological polar surface area (TPSA) is 53.3 Å². The predicted molar refractivity (Wildman–Crippen MR) is 56.0 cm³/mol. The Morgan fingerprint density at radius 2 is 2.20 bits per heavy atom. The van der Waals surface area contributed by atoms with Crippen molar-refractivity contribution in [3.05, 3.63) is 0 Å². The largest absolute Gasteiger partial charge is 0.381 e. The summed E-state index contributed by atoms with van der Waals surface area (Å²) in [7, 11) is 0. The van der Waals surface area contributed by atoms with Crippen LogP contribution in [0.4, 0.5) is 0 Å². The van der Waals surface area contributed by atoms with Gasteiger partial charge in [0.25, 0.3) is 0 Å². The summed E-state index contributed by atoms with van der Waals surface area (Å²) in [5.74, 6) is 0.195. The van der Waals surface area contributed by atoms with Gasteiger partial charge in [0.05, 0.1) is 6.07 Å². The molecular weight excluding hydrogens is 192 g/mol. The summed E-state index contributed by atoms with van der Waals surface area (Å²) in [5, 5.41) is 8.64. The number of carbonyl (C=O) groups excluding carboxylic acids is 1. The maximum Gasteiger partial charge on any atom is 0.226 e. The molecule has 0 aromatic carbocycles. The lowest BCUT2D eigenvalue weighted by Crippen LogP contribution is -2.39. The van der Waals surface area contributed by atoms with E-state index in [-0.39, 0.29) is 18.4 Å². The number of hydrogen-bond donors (Lipinski definition) is 0. The lowest BCUT2D eigenvalue weighted by Gasteiger charge is -2.27. The molecule has 0 spiro atoms.